The number of anilines is 2. The maximum absolute atomic E-state index is 13.9. The van der Waals surface area contributed by atoms with Crippen molar-refractivity contribution in [2.75, 3.05) is 5.32 Å². The molecule has 0 radical (unpaired) electrons. The summed E-state index contributed by atoms with van der Waals surface area (Å²) in [4.78, 5) is 17.6. The first-order chi connectivity index (χ1) is 15.7. The highest BCUT2D eigenvalue weighted by Gasteiger charge is 2.45. The van der Waals surface area contributed by atoms with E-state index in [0.717, 1.165) is 34.6 Å². The molecule has 0 amide bonds. The Labute approximate surface area is 184 Å². The molecule has 2 atom stereocenters. The number of fused-ring (bicyclic) bond motifs is 2. The summed E-state index contributed by atoms with van der Waals surface area (Å²) < 4.78 is 15.9. The minimum absolute atomic E-state index is 0.0186. The van der Waals surface area contributed by atoms with E-state index < -0.39 is 0 Å². The fourth-order valence-corrected chi connectivity index (χ4v) is 4.53. The van der Waals surface area contributed by atoms with Crippen molar-refractivity contribution in [3.8, 4) is 5.69 Å². The molecule has 2 aliphatic rings. The molecular weight excluding hydrogens is 401 g/mol. The van der Waals surface area contributed by atoms with Gasteiger partial charge >= 0.3 is 0 Å². The van der Waals surface area contributed by atoms with Crippen molar-refractivity contribution >= 4 is 28.0 Å². The number of pyridine rings is 2. The molecule has 32 heavy (non-hydrogen) atoms. The van der Waals surface area contributed by atoms with Crippen molar-refractivity contribution in [2.24, 2.45) is 11.8 Å². The molecule has 0 aliphatic heterocycles. The predicted octanol–water partition coefficient (Wildman–Crippen LogP) is 6.02. The number of rotatable bonds is 4. The zero-order valence-electron chi connectivity index (χ0n) is 17.2. The van der Waals surface area contributed by atoms with Gasteiger partial charge in [-0.3, -0.25) is 14.3 Å². The van der Waals surface area contributed by atoms with Gasteiger partial charge in [0.1, 0.15) is 11.6 Å². The number of hydrogen-bond acceptors (Lipinski definition) is 3. The Balaban J connectivity index is 1.59. The van der Waals surface area contributed by atoms with Gasteiger partial charge in [-0.2, -0.15) is 0 Å². The van der Waals surface area contributed by atoms with Crippen LogP contribution in [0.3, 0.4) is 0 Å². The quantitative estimate of drug-likeness (QED) is 0.439. The van der Waals surface area contributed by atoms with Crippen LogP contribution >= 0.6 is 0 Å². The zero-order valence-corrected chi connectivity index (χ0v) is 17.2. The van der Waals surface area contributed by atoms with Crippen molar-refractivity contribution in [2.45, 2.75) is 6.42 Å². The number of aromatic nitrogens is 2. The maximum Gasteiger partial charge on any atom is 0.193 e. The monoisotopic (exact) mass is 421 g/mol. The van der Waals surface area contributed by atoms with Gasteiger partial charge in [0, 0.05) is 29.6 Å². The maximum atomic E-state index is 13.9. The summed E-state index contributed by atoms with van der Waals surface area (Å²) >= 11 is 0. The van der Waals surface area contributed by atoms with Crippen LogP contribution in [0.5, 0.6) is 0 Å². The second-order valence-corrected chi connectivity index (χ2v) is 8.26. The molecule has 1 N–H and O–H groups in total. The molecule has 5 heteroatoms. The first-order valence-electron chi connectivity index (χ1n) is 10.7. The smallest absolute Gasteiger partial charge is 0.193 e. The molecule has 1 saturated carbocycles. The predicted molar refractivity (Wildman–Crippen MR) is 126 cm³/mol. The fourth-order valence-electron chi connectivity index (χ4n) is 4.53. The van der Waals surface area contributed by atoms with E-state index in [9.17, 15) is 9.18 Å². The van der Waals surface area contributed by atoms with E-state index >= 15 is 0 Å². The Hall–Kier alpha value is -3.99. The Morgan fingerprint density at radius 3 is 2.47 bits per heavy atom. The molecule has 0 spiro atoms. The van der Waals surface area contributed by atoms with Crippen LogP contribution in [0.1, 0.15) is 12.1 Å². The molecular formula is C27H20FN3O. The third-order valence-corrected chi connectivity index (χ3v) is 6.22. The Morgan fingerprint density at radius 1 is 0.938 bits per heavy atom. The molecule has 2 heterocycles. The van der Waals surface area contributed by atoms with Crippen LogP contribution in [0, 0.1) is 11.8 Å². The van der Waals surface area contributed by atoms with Crippen LogP contribution in [0.25, 0.3) is 22.2 Å². The second-order valence-electron chi connectivity index (χ2n) is 8.26. The van der Waals surface area contributed by atoms with Crippen LogP contribution < -0.4 is 10.7 Å². The standard InChI is InChI=1S/C27H20FN3O/c28-23-12-11-19(20-13-21(20)23)24-14-25-22(16-29-24)26(32)15-27(30-17-7-3-1-4-8-17)31(25)18-9-5-2-6-10-18/h1-12,14-16,20-21,30H,13H2. The Bertz CT molecular complexity index is 1460. The minimum Gasteiger partial charge on any atom is -0.341 e. The van der Waals surface area contributed by atoms with E-state index in [0.29, 0.717) is 11.2 Å². The fraction of sp³-hybridized carbons (Fsp3) is 0.111. The van der Waals surface area contributed by atoms with Crippen molar-refractivity contribution in [3.63, 3.8) is 0 Å². The number of hydrogen-bond donors (Lipinski definition) is 1. The van der Waals surface area contributed by atoms with Gasteiger partial charge in [-0.1, -0.05) is 42.5 Å². The molecule has 1 fully saturated rings. The van der Waals surface area contributed by atoms with Gasteiger partial charge in [0.25, 0.3) is 0 Å². The van der Waals surface area contributed by atoms with E-state index in [1.165, 1.54) is 0 Å². The number of nitrogens with one attached hydrogen (secondary N) is 1. The molecule has 2 unspecified atom stereocenters. The van der Waals surface area contributed by atoms with Gasteiger partial charge in [-0.05, 0) is 54.3 Å². The van der Waals surface area contributed by atoms with Crippen molar-refractivity contribution in [1.82, 2.24) is 9.55 Å². The summed E-state index contributed by atoms with van der Waals surface area (Å²) in [6, 6.07) is 23.3. The van der Waals surface area contributed by atoms with Crippen molar-refractivity contribution in [1.29, 1.82) is 0 Å². The SMILES string of the molecule is O=c1cc(Nc2ccccc2)n(-c2ccccc2)c2cc(C3=CC=C(F)C4CC34)ncc12. The van der Waals surface area contributed by atoms with Crippen LogP contribution in [0.2, 0.25) is 0 Å². The van der Waals surface area contributed by atoms with E-state index in [2.05, 4.69) is 10.3 Å². The third kappa shape index (κ3) is 3.14. The molecule has 6 rings (SSSR count). The molecule has 2 aromatic carbocycles. The molecule has 4 nitrogen and oxygen atoms in total. The van der Waals surface area contributed by atoms with Crippen molar-refractivity contribution < 1.29 is 4.39 Å². The van der Waals surface area contributed by atoms with Gasteiger partial charge in [-0.15, -0.1) is 0 Å². The third-order valence-electron chi connectivity index (χ3n) is 6.22. The van der Waals surface area contributed by atoms with Crippen LogP contribution in [0.15, 0.2) is 102 Å². The van der Waals surface area contributed by atoms with E-state index in [1.54, 1.807) is 18.3 Å². The highest BCUT2D eigenvalue weighted by Crippen LogP contribution is 2.54. The van der Waals surface area contributed by atoms with Gasteiger partial charge in [0.05, 0.1) is 16.6 Å². The van der Waals surface area contributed by atoms with Crippen LogP contribution in [-0.4, -0.2) is 9.55 Å². The highest BCUT2D eigenvalue weighted by atomic mass is 19.1. The average molecular weight is 421 g/mol. The summed E-state index contributed by atoms with van der Waals surface area (Å²) in [5, 5.41) is 3.94. The van der Waals surface area contributed by atoms with Gasteiger partial charge in [0.15, 0.2) is 5.43 Å². The Morgan fingerprint density at radius 2 is 1.69 bits per heavy atom. The van der Waals surface area contributed by atoms with E-state index in [1.807, 2.05) is 77.4 Å². The summed E-state index contributed by atoms with van der Waals surface area (Å²) in [6.45, 7) is 0. The van der Waals surface area contributed by atoms with Crippen LogP contribution in [0.4, 0.5) is 15.9 Å². The first kappa shape index (κ1) is 18.8. The zero-order chi connectivity index (χ0) is 21.7. The molecule has 0 bridgehead atoms. The molecule has 2 aliphatic carbocycles. The lowest BCUT2D eigenvalue weighted by atomic mass is 9.99. The van der Waals surface area contributed by atoms with Gasteiger partial charge in [0.2, 0.25) is 0 Å². The lowest BCUT2D eigenvalue weighted by Gasteiger charge is -2.19. The van der Waals surface area contributed by atoms with E-state index in [4.69, 9.17) is 0 Å². The normalized spacial score (nSPS) is 19.2. The number of nitrogens with zero attached hydrogens (tertiary/aromatic N) is 2. The minimum atomic E-state index is -0.0995. The molecule has 4 aromatic rings. The summed E-state index contributed by atoms with van der Waals surface area (Å²) in [7, 11) is 0. The topological polar surface area (TPSA) is 46.9 Å². The lowest BCUT2D eigenvalue weighted by molar-refractivity contribution is 0.567. The van der Waals surface area contributed by atoms with Crippen molar-refractivity contribution in [3.05, 3.63) is 113 Å². The Kier molecular flexibility index (Phi) is 4.28. The van der Waals surface area contributed by atoms with Gasteiger partial charge in [-0.25, -0.2) is 4.39 Å². The molecule has 2 aromatic heterocycles. The van der Waals surface area contributed by atoms with E-state index in [-0.39, 0.29) is 23.1 Å². The second kappa shape index (κ2) is 7.31. The molecule has 0 saturated heterocycles. The highest BCUT2D eigenvalue weighted by molar-refractivity contribution is 5.86. The number of benzene rings is 2. The molecule has 156 valence electrons. The largest absolute Gasteiger partial charge is 0.341 e. The number of allylic oxidation sites excluding steroid dienone is 4. The summed E-state index contributed by atoms with van der Waals surface area (Å²) in [5.41, 5.74) is 4.31. The van der Waals surface area contributed by atoms with Crippen LogP contribution in [-0.2, 0) is 0 Å². The number of para-hydroxylation sites is 2. The number of halogens is 1. The first-order valence-corrected chi connectivity index (χ1v) is 10.7. The van der Waals surface area contributed by atoms with Gasteiger partial charge < -0.3 is 5.32 Å². The lowest BCUT2D eigenvalue weighted by Crippen LogP contribution is -2.13. The summed E-state index contributed by atoms with van der Waals surface area (Å²) in [5.74, 6) is 0.780. The summed E-state index contributed by atoms with van der Waals surface area (Å²) in [6.07, 6.45) is 5.84. The average Bonchev–Trinajstić information content (AvgIpc) is 3.62.